The van der Waals surface area contributed by atoms with E-state index in [0.717, 1.165) is 12.1 Å². The second-order valence-electron chi connectivity index (χ2n) is 4.92. The lowest BCUT2D eigenvalue weighted by Crippen LogP contribution is -2.58. The maximum atomic E-state index is 12.4. The molecule has 22 heavy (non-hydrogen) atoms. The Labute approximate surface area is 126 Å². The van der Waals surface area contributed by atoms with Crippen molar-refractivity contribution in [2.75, 3.05) is 19.6 Å². The number of carbonyl (C=O) groups excluding carboxylic acids is 1. The molecule has 1 fully saturated rings. The fraction of sp³-hybridized carbons (Fsp3) is 0.400. The molecule has 4 nitrogen and oxygen atoms in total. The highest BCUT2D eigenvalue weighted by molar-refractivity contribution is 5.75. The first-order chi connectivity index (χ1) is 10.4. The third-order valence-electron chi connectivity index (χ3n) is 3.23. The van der Waals surface area contributed by atoms with Gasteiger partial charge in [0.05, 0.1) is 18.7 Å². The lowest BCUT2D eigenvalue weighted by Gasteiger charge is -2.38. The standard InChI is InChI=1S/C15H17F3N2O2/c1-2-3-8-19-14(21)20-9-13(10-20)22-12-6-4-11(5-7-12)15(16,17)18/h2-7,13H,8-10H2,1H3,(H,19,21)/b3-2+. The zero-order valence-corrected chi connectivity index (χ0v) is 12.1. The largest absolute Gasteiger partial charge is 0.487 e. The number of carbonyl (C=O) groups is 1. The van der Waals surface area contributed by atoms with E-state index in [2.05, 4.69) is 5.32 Å². The summed E-state index contributed by atoms with van der Waals surface area (Å²) in [5, 5.41) is 2.71. The molecule has 7 heteroatoms. The minimum absolute atomic E-state index is 0.176. The highest BCUT2D eigenvalue weighted by atomic mass is 19.4. The highest BCUT2D eigenvalue weighted by Gasteiger charge is 2.33. The molecule has 1 aliphatic heterocycles. The number of urea groups is 1. The number of nitrogens with zero attached hydrogens (tertiary/aromatic N) is 1. The van der Waals surface area contributed by atoms with Gasteiger partial charge in [-0.25, -0.2) is 4.79 Å². The molecule has 0 saturated carbocycles. The molecular weight excluding hydrogens is 297 g/mol. The van der Waals surface area contributed by atoms with E-state index in [1.807, 2.05) is 19.1 Å². The molecule has 1 aromatic carbocycles. The van der Waals surface area contributed by atoms with E-state index in [0.29, 0.717) is 25.4 Å². The van der Waals surface area contributed by atoms with Crippen molar-refractivity contribution in [3.8, 4) is 5.75 Å². The van der Waals surface area contributed by atoms with Crippen LogP contribution >= 0.6 is 0 Å². The van der Waals surface area contributed by atoms with E-state index in [-0.39, 0.29) is 12.1 Å². The van der Waals surface area contributed by atoms with Crippen LogP contribution in [-0.4, -0.2) is 36.7 Å². The minimum atomic E-state index is -4.35. The van der Waals surface area contributed by atoms with Crippen LogP contribution in [0.25, 0.3) is 0 Å². The maximum absolute atomic E-state index is 12.4. The van der Waals surface area contributed by atoms with Gasteiger partial charge in [-0.15, -0.1) is 0 Å². The summed E-state index contributed by atoms with van der Waals surface area (Å²) < 4.78 is 42.8. The average molecular weight is 314 g/mol. The summed E-state index contributed by atoms with van der Waals surface area (Å²) in [5.74, 6) is 0.368. The number of nitrogens with one attached hydrogen (secondary N) is 1. The van der Waals surface area contributed by atoms with Crippen molar-refractivity contribution in [2.24, 2.45) is 0 Å². The molecule has 0 radical (unpaired) electrons. The van der Waals surface area contributed by atoms with Crippen LogP contribution < -0.4 is 10.1 Å². The van der Waals surface area contributed by atoms with Gasteiger partial charge in [-0.2, -0.15) is 13.2 Å². The SMILES string of the molecule is C/C=C/CNC(=O)N1CC(Oc2ccc(C(F)(F)F)cc2)C1. The summed E-state index contributed by atoms with van der Waals surface area (Å²) in [6.07, 6.45) is -0.873. The van der Waals surface area contributed by atoms with Crippen molar-refractivity contribution in [1.82, 2.24) is 10.2 Å². The van der Waals surface area contributed by atoms with Gasteiger partial charge in [0.25, 0.3) is 0 Å². The molecule has 1 saturated heterocycles. The monoisotopic (exact) mass is 314 g/mol. The van der Waals surface area contributed by atoms with E-state index in [9.17, 15) is 18.0 Å². The van der Waals surface area contributed by atoms with Crippen molar-refractivity contribution in [1.29, 1.82) is 0 Å². The number of hydrogen-bond acceptors (Lipinski definition) is 2. The molecule has 0 spiro atoms. The van der Waals surface area contributed by atoms with Crippen molar-refractivity contribution < 1.29 is 22.7 Å². The summed E-state index contributed by atoms with van der Waals surface area (Å²) in [7, 11) is 0. The molecule has 0 atom stereocenters. The first-order valence-electron chi connectivity index (χ1n) is 6.88. The van der Waals surface area contributed by atoms with Gasteiger partial charge in [-0.1, -0.05) is 12.2 Å². The second kappa shape index (κ2) is 6.72. The van der Waals surface area contributed by atoms with Crippen LogP contribution in [0.2, 0.25) is 0 Å². The fourth-order valence-corrected chi connectivity index (χ4v) is 1.97. The van der Waals surface area contributed by atoms with E-state index < -0.39 is 11.7 Å². The summed E-state index contributed by atoms with van der Waals surface area (Å²) in [4.78, 5) is 13.2. The van der Waals surface area contributed by atoms with Crippen molar-refractivity contribution in [3.05, 3.63) is 42.0 Å². The fourth-order valence-electron chi connectivity index (χ4n) is 1.97. The van der Waals surface area contributed by atoms with Crippen molar-refractivity contribution >= 4 is 6.03 Å². The molecule has 1 heterocycles. The van der Waals surface area contributed by atoms with Gasteiger partial charge in [0.2, 0.25) is 0 Å². The molecule has 0 aromatic heterocycles. The Balaban J connectivity index is 1.77. The summed E-state index contributed by atoms with van der Waals surface area (Å²) in [5.41, 5.74) is -0.710. The Morgan fingerprint density at radius 3 is 2.55 bits per heavy atom. The Hall–Kier alpha value is -2.18. The van der Waals surface area contributed by atoms with Crippen LogP contribution in [0.1, 0.15) is 12.5 Å². The average Bonchev–Trinajstić information content (AvgIpc) is 2.42. The third-order valence-corrected chi connectivity index (χ3v) is 3.23. The van der Waals surface area contributed by atoms with E-state index in [4.69, 9.17) is 4.74 Å². The van der Waals surface area contributed by atoms with Gasteiger partial charge in [0.1, 0.15) is 11.9 Å². The van der Waals surface area contributed by atoms with Gasteiger partial charge >= 0.3 is 12.2 Å². The third kappa shape index (κ3) is 4.16. The van der Waals surface area contributed by atoms with Gasteiger partial charge in [0, 0.05) is 6.54 Å². The number of benzene rings is 1. The molecule has 120 valence electrons. The summed E-state index contributed by atoms with van der Waals surface area (Å²) in [6, 6.07) is 4.37. The molecule has 1 N–H and O–H groups in total. The molecule has 2 rings (SSSR count). The van der Waals surface area contributed by atoms with Gasteiger partial charge in [-0.3, -0.25) is 0 Å². The number of amides is 2. The van der Waals surface area contributed by atoms with Crippen LogP contribution in [0.3, 0.4) is 0 Å². The molecule has 0 bridgehead atoms. The number of likely N-dealkylation sites (tertiary alicyclic amines) is 1. The second-order valence-corrected chi connectivity index (χ2v) is 4.92. The molecule has 0 aliphatic carbocycles. The highest BCUT2D eigenvalue weighted by Crippen LogP contribution is 2.30. The van der Waals surface area contributed by atoms with Crippen LogP contribution in [-0.2, 0) is 6.18 Å². The summed E-state index contributed by atoms with van der Waals surface area (Å²) in [6.45, 7) is 3.17. The van der Waals surface area contributed by atoms with Crippen molar-refractivity contribution in [3.63, 3.8) is 0 Å². The lowest BCUT2D eigenvalue weighted by molar-refractivity contribution is -0.137. The molecule has 1 aromatic rings. The predicted molar refractivity (Wildman–Crippen MR) is 75.6 cm³/mol. The Morgan fingerprint density at radius 1 is 1.36 bits per heavy atom. The number of allylic oxidation sites excluding steroid dienone is 1. The van der Waals surface area contributed by atoms with Crippen molar-refractivity contribution in [2.45, 2.75) is 19.2 Å². The van der Waals surface area contributed by atoms with Gasteiger partial charge < -0.3 is 15.0 Å². The molecule has 0 unspecified atom stereocenters. The van der Waals surface area contributed by atoms with Gasteiger partial charge in [0.15, 0.2) is 0 Å². The number of rotatable bonds is 4. The first-order valence-corrected chi connectivity index (χ1v) is 6.88. The van der Waals surface area contributed by atoms with Crippen LogP contribution in [0, 0.1) is 0 Å². The maximum Gasteiger partial charge on any atom is 0.416 e. The molecular formula is C15H17F3N2O2. The van der Waals surface area contributed by atoms with Gasteiger partial charge in [-0.05, 0) is 31.2 Å². The smallest absolute Gasteiger partial charge is 0.416 e. The summed E-state index contributed by atoms with van der Waals surface area (Å²) >= 11 is 0. The first kappa shape index (κ1) is 16.2. The number of hydrogen-bond donors (Lipinski definition) is 1. The Bertz CT molecular complexity index is 535. The van der Waals surface area contributed by atoms with Crippen LogP contribution in [0.4, 0.5) is 18.0 Å². The van der Waals surface area contributed by atoms with Crippen LogP contribution in [0.15, 0.2) is 36.4 Å². The Kier molecular flexibility index (Phi) is 4.95. The van der Waals surface area contributed by atoms with E-state index >= 15 is 0 Å². The molecule has 1 aliphatic rings. The number of halogens is 3. The zero-order valence-electron chi connectivity index (χ0n) is 12.1. The number of ether oxygens (including phenoxy) is 1. The predicted octanol–water partition coefficient (Wildman–Crippen LogP) is 3.05. The normalized spacial score (nSPS) is 15.7. The number of alkyl halides is 3. The Morgan fingerprint density at radius 2 is 2.00 bits per heavy atom. The van der Waals surface area contributed by atoms with E-state index in [1.165, 1.54) is 12.1 Å². The topological polar surface area (TPSA) is 41.6 Å². The lowest BCUT2D eigenvalue weighted by atomic mass is 10.1. The quantitative estimate of drug-likeness (QED) is 0.868. The zero-order chi connectivity index (χ0) is 16.2. The van der Waals surface area contributed by atoms with Crippen LogP contribution in [0.5, 0.6) is 5.75 Å². The molecule has 2 amide bonds. The minimum Gasteiger partial charge on any atom is -0.487 e. The van der Waals surface area contributed by atoms with E-state index in [1.54, 1.807) is 4.90 Å².